The number of aromatic amines is 1. The molecule has 0 aliphatic carbocycles. The molecule has 3 heterocycles. The Labute approximate surface area is 154 Å². The van der Waals surface area contributed by atoms with Crippen LogP contribution in [0, 0.1) is 11.6 Å². The summed E-state index contributed by atoms with van der Waals surface area (Å²) in [5.74, 6) is -0.804. The van der Waals surface area contributed by atoms with Gasteiger partial charge in [0.25, 0.3) is 0 Å². The number of H-pyrrole nitrogens is 1. The monoisotopic (exact) mass is 368 g/mol. The number of halogens is 2. The summed E-state index contributed by atoms with van der Waals surface area (Å²) in [6.07, 6.45) is 5.59. The van der Waals surface area contributed by atoms with Crippen LogP contribution in [0.3, 0.4) is 0 Å². The van der Waals surface area contributed by atoms with Crippen molar-refractivity contribution in [1.29, 1.82) is 0 Å². The van der Waals surface area contributed by atoms with Crippen LogP contribution in [0.2, 0.25) is 0 Å². The first kappa shape index (κ1) is 17.3. The van der Waals surface area contributed by atoms with Crippen LogP contribution in [0.4, 0.5) is 14.6 Å². The SMILES string of the molecule is CC1=CCC(c2cc(F)cc(F)c2)C(C(C)Nc2ncnc3nc[nH]c23)=N1. The van der Waals surface area contributed by atoms with E-state index in [0.29, 0.717) is 29.0 Å². The Hall–Kier alpha value is -3.16. The van der Waals surface area contributed by atoms with E-state index in [1.54, 1.807) is 6.33 Å². The lowest BCUT2D eigenvalue weighted by molar-refractivity contribution is 0.578. The predicted octanol–water partition coefficient (Wildman–Crippen LogP) is 3.96. The molecule has 1 aromatic carbocycles. The van der Waals surface area contributed by atoms with Crippen LogP contribution >= 0.6 is 0 Å². The number of hydrogen-bond donors (Lipinski definition) is 2. The molecule has 0 radical (unpaired) electrons. The fraction of sp³-hybridized carbons (Fsp3) is 0.263. The minimum absolute atomic E-state index is 0.216. The van der Waals surface area contributed by atoms with E-state index < -0.39 is 11.6 Å². The van der Waals surface area contributed by atoms with Crippen molar-refractivity contribution in [1.82, 2.24) is 19.9 Å². The van der Waals surface area contributed by atoms with Gasteiger partial charge in [0, 0.05) is 23.4 Å². The smallest absolute Gasteiger partial charge is 0.182 e. The molecule has 0 saturated heterocycles. The van der Waals surface area contributed by atoms with Gasteiger partial charge in [0.2, 0.25) is 0 Å². The highest BCUT2D eigenvalue weighted by atomic mass is 19.1. The molecule has 2 aromatic heterocycles. The van der Waals surface area contributed by atoms with E-state index in [9.17, 15) is 8.78 Å². The average molecular weight is 368 g/mol. The molecular formula is C19H18F2N6. The van der Waals surface area contributed by atoms with Crippen LogP contribution in [0.15, 0.2) is 47.6 Å². The standard InChI is InChI=1S/C19H18F2N6/c1-10-3-4-15(12-5-13(20)7-14(21)6-12)16(26-10)11(2)27-19-17-18(23-8-22-17)24-9-25-19/h3,5-9,11,15H,4H2,1-2H3,(H2,22,23,24,25,27). The highest BCUT2D eigenvalue weighted by Gasteiger charge is 2.27. The van der Waals surface area contributed by atoms with Gasteiger partial charge in [-0.3, -0.25) is 4.99 Å². The van der Waals surface area contributed by atoms with Crippen LogP contribution in [0.5, 0.6) is 0 Å². The van der Waals surface area contributed by atoms with Crippen LogP contribution in [0.25, 0.3) is 11.2 Å². The molecular weight excluding hydrogens is 350 g/mol. The summed E-state index contributed by atoms with van der Waals surface area (Å²) < 4.78 is 27.5. The third-order valence-corrected chi connectivity index (χ3v) is 4.62. The molecule has 1 aliphatic rings. The minimum Gasteiger partial charge on any atom is -0.360 e. The lowest BCUT2D eigenvalue weighted by atomic mass is 9.85. The third kappa shape index (κ3) is 3.42. The number of aromatic nitrogens is 4. The van der Waals surface area contributed by atoms with Crippen molar-refractivity contribution in [3.8, 4) is 0 Å². The summed E-state index contributed by atoms with van der Waals surface area (Å²) in [4.78, 5) is 20.2. The lowest BCUT2D eigenvalue weighted by Gasteiger charge is -2.27. The lowest BCUT2D eigenvalue weighted by Crippen LogP contribution is -2.33. The Morgan fingerprint density at radius 1 is 1.15 bits per heavy atom. The first-order valence-electron chi connectivity index (χ1n) is 8.63. The summed E-state index contributed by atoms with van der Waals surface area (Å²) in [5.41, 5.74) is 3.50. The van der Waals surface area contributed by atoms with Crippen LogP contribution < -0.4 is 5.32 Å². The number of rotatable bonds is 4. The molecule has 2 atom stereocenters. The van der Waals surface area contributed by atoms with Gasteiger partial charge in [0.05, 0.1) is 12.4 Å². The van der Waals surface area contributed by atoms with E-state index in [1.165, 1.54) is 18.5 Å². The topological polar surface area (TPSA) is 78.9 Å². The molecule has 0 saturated carbocycles. The third-order valence-electron chi connectivity index (χ3n) is 4.62. The molecule has 0 fully saturated rings. The quantitative estimate of drug-likeness (QED) is 0.730. The Balaban J connectivity index is 1.68. The van der Waals surface area contributed by atoms with Crippen molar-refractivity contribution in [3.05, 3.63) is 59.8 Å². The van der Waals surface area contributed by atoms with Gasteiger partial charge in [-0.1, -0.05) is 6.08 Å². The number of aliphatic imine (C=N–C) groups is 1. The Morgan fingerprint density at radius 3 is 2.70 bits per heavy atom. The van der Waals surface area contributed by atoms with Gasteiger partial charge in [-0.25, -0.2) is 23.7 Å². The van der Waals surface area contributed by atoms with Crippen molar-refractivity contribution in [3.63, 3.8) is 0 Å². The van der Waals surface area contributed by atoms with Gasteiger partial charge >= 0.3 is 0 Å². The second kappa shape index (κ2) is 6.86. The van der Waals surface area contributed by atoms with Gasteiger partial charge in [0.1, 0.15) is 23.5 Å². The van der Waals surface area contributed by atoms with Crippen molar-refractivity contribution < 1.29 is 8.78 Å². The van der Waals surface area contributed by atoms with Crippen molar-refractivity contribution in [2.75, 3.05) is 5.32 Å². The maximum absolute atomic E-state index is 13.7. The molecule has 8 heteroatoms. The van der Waals surface area contributed by atoms with Gasteiger partial charge in [-0.2, -0.15) is 0 Å². The Bertz CT molecular complexity index is 1040. The Kier molecular flexibility index (Phi) is 4.39. The number of nitrogens with zero attached hydrogens (tertiary/aromatic N) is 4. The number of allylic oxidation sites excluding steroid dienone is 2. The van der Waals surface area contributed by atoms with Gasteiger partial charge in [-0.05, 0) is 38.0 Å². The summed E-state index contributed by atoms with van der Waals surface area (Å²) in [7, 11) is 0. The van der Waals surface area contributed by atoms with Gasteiger partial charge in [-0.15, -0.1) is 0 Å². The van der Waals surface area contributed by atoms with Gasteiger partial charge in [0.15, 0.2) is 11.5 Å². The van der Waals surface area contributed by atoms with E-state index in [-0.39, 0.29) is 12.0 Å². The molecule has 0 bridgehead atoms. The largest absolute Gasteiger partial charge is 0.360 e. The zero-order chi connectivity index (χ0) is 19.0. The van der Waals surface area contributed by atoms with E-state index in [4.69, 9.17) is 0 Å². The summed E-state index contributed by atoms with van der Waals surface area (Å²) in [6, 6.07) is 3.39. The molecule has 4 rings (SSSR count). The maximum atomic E-state index is 13.7. The molecule has 27 heavy (non-hydrogen) atoms. The summed E-state index contributed by atoms with van der Waals surface area (Å²) in [5, 5.41) is 3.32. The maximum Gasteiger partial charge on any atom is 0.182 e. The van der Waals surface area contributed by atoms with Crippen LogP contribution in [-0.2, 0) is 0 Å². The van der Waals surface area contributed by atoms with E-state index in [2.05, 4.69) is 30.2 Å². The Morgan fingerprint density at radius 2 is 1.93 bits per heavy atom. The zero-order valence-corrected chi connectivity index (χ0v) is 14.9. The number of anilines is 1. The van der Waals surface area contributed by atoms with Crippen LogP contribution in [-0.4, -0.2) is 31.7 Å². The molecule has 138 valence electrons. The van der Waals surface area contributed by atoms with Crippen LogP contribution in [0.1, 0.15) is 31.7 Å². The second-order valence-electron chi connectivity index (χ2n) is 6.56. The molecule has 2 N–H and O–H groups in total. The molecule has 0 spiro atoms. The molecule has 2 unspecified atom stereocenters. The van der Waals surface area contributed by atoms with E-state index in [0.717, 1.165) is 17.5 Å². The molecule has 0 amide bonds. The molecule has 6 nitrogen and oxygen atoms in total. The van der Waals surface area contributed by atoms with E-state index in [1.807, 2.05) is 19.9 Å². The number of fused-ring (bicyclic) bond motifs is 1. The fourth-order valence-electron chi connectivity index (χ4n) is 3.37. The number of nitrogens with one attached hydrogen (secondary N) is 2. The van der Waals surface area contributed by atoms with Crippen molar-refractivity contribution in [2.45, 2.75) is 32.2 Å². The average Bonchev–Trinajstić information content (AvgIpc) is 3.10. The first-order valence-corrected chi connectivity index (χ1v) is 8.63. The summed E-state index contributed by atoms with van der Waals surface area (Å²) in [6.45, 7) is 3.86. The highest BCUT2D eigenvalue weighted by molar-refractivity contribution is 5.99. The van der Waals surface area contributed by atoms with E-state index >= 15 is 0 Å². The summed E-state index contributed by atoms with van der Waals surface area (Å²) >= 11 is 0. The number of benzene rings is 1. The second-order valence-corrected chi connectivity index (χ2v) is 6.56. The predicted molar refractivity (Wildman–Crippen MR) is 99.7 cm³/mol. The number of imidazole rings is 1. The van der Waals surface area contributed by atoms with Crippen molar-refractivity contribution >= 4 is 22.7 Å². The molecule has 3 aromatic rings. The first-order chi connectivity index (χ1) is 13.0. The molecule has 1 aliphatic heterocycles. The zero-order valence-electron chi connectivity index (χ0n) is 14.9. The highest BCUT2D eigenvalue weighted by Crippen LogP contribution is 2.31. The number of hydrogen-bond acceptors (Lipinski definition) is 5. The fourth-order valence-corrected chi connectivity index (χ4v) is 3.37. The van der Waals surface area contributed by atoms with Crippen molar-refractivity contribution in [2.24, 2.45) is 4.99 Å². The normalized spacial score (nSPS) is 18.1. The van der Waals surface area contributed by atoms with Gasteiger partial charge < -0.3 is 10.3 Å². The minimum atomic E-state index is -0.591.